The molecule has 2 aromatic rings. The molecule has 4 fully saturated rings. The van der Waals surface area contributed by atoms with Crippen LogP contribution in [0.3, 0.4) is 0 Å². The normalized spacial score (nSPS) is 29.8. The van der Waals surface area contributed by atoms with Crippen molar-refractivity contribution in [3.63, 3.8) is 0 Å². The van der Waals surface area contributed by atoms with Crippen LogP contribution in [0.5, 0.6) is 0 Å². The molecule has 0 unspecified atom stereocenters. The van der Waals surface area contributed by atoms with Crippen molar-refractivity contribution in [3.05, 3.63) is 71.8 Å². The first-order valence-corrected chi connectivity index (χ1v) is 15.8. The summed E-state index contributed by atoms with van der Waals surface area (Å²) >= 11 is 3.30. The first-order valence-electron chi connectivity index (χ1n) is 13.7. The van der Waals surface area contributed by atoms with E-state index in [1.807, 2.05) is 74.5 Å². The van der Waals surface area contributed by atoms with Gasteiger partial charge in [-0.3, -0.25) is 9.59 Å². The number of thioether (sulfide) groups is 2. The lowest BCUT2D eigenvalue weighted by Gasteiger charge is -2.24. The molecule has 2 amide bonds. The molecule has 0 spiro atoms. The quantitative estimate of drug-likeness (QED) is 0.495. The summed E-state index contributed by atoms with van der Waals surface area (Å²) in [5, 5.41) is 18.2. The van der Waals surface area contributed by atoms with Crippen molar-refractivity contribution in [1.82, 2.24) is 9.80 Å². The Morgan fingerprint density at radius 1 is 0.767 bits per heavy atom. The zero-order chi connectivity index (χ0) is 29.6. The Labute approximate surface area is 274 Å². The molecule has 6 atom stereocenters. The highest BCUT2D eigenvalue weighted by molar-refractivity contribution is 8.00. The molecule has 4 N–H and O–H groups in total. The van der Waals surface area contributed by atoms with Gasteiger partial charge in [-0.15, -0.1) is 48.3 Å². The highest BCUT2D eigenvalue weighted by atomic mass is 35.5. The fourth-order valence-electron chi connectivity index (χ4n) is 5.53. The summed E-state index contributed by atoms with van der Waals surface area (Å²) in [5.41, 5.74) is 12.4. The van der Waals surface area contributed by atoms with Crippen molar-refractivity contribution in [2.24, 2.45) is 11.5 Å². The van der Waals surface area contributed by atoms with Gasteiger partial charge in [-0.25, -0.2) is 0 Å². The number of ether oxygens (including phenoxy) is 1. The Kier molecular flexibility index (Phi) is 13.7. The summed E-state index contributed by atoms with van der Waals surface area (Å²) < 4.78 is 4.83. The fourth-order valence-corrected chi connectivity index (χ4v) is 8.38. The van der Waals surface area contributed by atoms with Gasteiger partial charge in [-0.05, 0) is 25.0 Å². The number of amides is 2. The number of nitrogens with two attached hydrogens (primary N) is 2. The van der Waals surface area contributed by atoms with E-state index in [-0.39, 0.29) is 59.5 Å². The van der Waals surface area contributed by atoms with E-state index in [1.54, 1.807) is 33.3 Å². The fraction of sp³-hybridized carbons (Fsp3) is 0.467. The van der Waals surface area contributed by atoms with Crippen molar-refractivity contribution in [2.45, 2.75) is 60.6 Å². The van der Waals surface area contributed by atoms with Crippen LogP contribution in [0.25, 0.3) is 0 Å². The number of carbonyl (C=O) groups is 2. The van der Waals surface area contributed by atoms with E-state index in [1.165, 1.54) is 0 Å². The number of hydrogen-bond donors (Lipinski definition) is 2. The maximum atomic E-state index is 12.5. The number of hydrogen-bond acceptors (Lipinski definition) is 9. The predicted octanol–water partition coefficient (Wildman–Crippen LogP) is 3.96. The lowest BCUT2D eigenvalue weighted by atomic mass is 9.89. The Bertz CT molecular complexity index is 1210. The molecular weight excluding hydrogens is 627 g/mol. The highest BCUT2D eigenvalue weighted by Gasteiger charge is 2.56. The Morgan fingerprint density at radius 3 is 1.40 bits per heavy atom. The zero-order valence-corrected chi connectivity index (χ0v) is 27.4. The van der Waals surface area contributed by atoms with E-state index in [0.717, 1.165) is 24.3 Å². The summed E-state index contributed by atoms with van der Waals surface area (Å²) in [4.78, 5) is 28.4. The summed E-state index contributed by atoms with van der Waals surface area (Å²) in [7, 11) is 0. The Hall–Kier alpha value is -2.48. The first-order chi connectivity index (χ1) is 19.7. The minimum atomic E-state index is -0.964. The maximum absolute atomic E-state index is 12.5. The number of carbonyl (C=O) groups excluding carboxylic acids is 2. The molecule has 6 rings (SSSR count). The van der Waals surface area contributed by atoms with Crippen LogP contribution in [0.15, 0.2) is 60.7 Å². The van der Waals surface area contributed by atoms with Crippen LogP contribution in [0.2, 0.25) is 0 Å². The molecule has 4 aliphatic rings. The molecule has 9 nitrogen and oxygen atoms in total. The van der Waals surface area contributed by atoms with Gasteiger partial charge in [0.05, 0.1) is 22.9 Å². The molecule has 4 aliphatic heterocycles. The van der Waals surface area contributed by atoms with Crippen molar-refractivity contribution in [2.75, 3.05) is 24.7 Å². The zero-order valence-electron chi connectivity index (χ0n) is 24.1. The van der Waals surface area contributed by atoms with Gasteiger partial charge in [-0.1, -0.05) is 60.7 Å². The molecule has 0 saturated carbocycles. The van der Waals surface area contributed by atoms with Gasteiger partial charge in [0.15, 0.2) is 0 Å². The number of rotatable bonds is 4. The lowest BCUT2D eigenvalue weighted by molar-refractivity contribution is -0.133. The third-order valence-corrected chi connectivity index (χ3v) is 10.3. The highest BCUT2D eigenvalue weighted by Crippen LogP contribution is 2.46. The van der Waals surface area contributed by atoms with Gasteiger partial charge in [0.2, 0.25) is 11.8 Å². The van der Waals surface area contributed by atoms with Gasteiger partial charge < -0.3 is 26.0 Å². The lowest BCUT2D eigenvalue weighted by Crippen LogP contribution is -2.47. The average Bonchev–Trinajstić information content (AvgIpc) is 3.73. The number of fused-ring (bicyclic) bond motifs is 2. The monoisotopic (exact) mass is 664 g/mol. The molecular formula is C30H38Cl2N6O3S2. The van der Waals surface area contributed by atoms with Crippen LogP contribution in [0.1, 0.15) is 37.8 Å². The van der Waals surface area contributed by atoms with Crippen LogP contribution in [0.4, 0.5) is 0 Å². The molecule has 232 valence electrons. The maximum Gasteiger partial charge on any atom is 0.249 e. The van der Waals surface area contributed by atoms with Crippen LogP contribution in [0, 0.1) is 22.7 Å². The number of nitrogens with zero attached hydrogens (tertiary/aromatic N) is 4. The van der Waals surface area contributed by atoms with E-state index >= 15 is 0 Å². The molecule has 0 aromatic heterocycles. The average molecular weight is 666 g/mol. The second-order valence-corrected chi connectivity index (χ2v) is 12.6. The van der Waals surface area contributed by atoms with Crippen LogP contribution >= 0.6 is 48.3 Å². The number of halogens is 2. The van der Waals surface area contributed by atoms with Gasteiger partial charge in [0.1, 0.15) is 23.2 Å². The summed E-state index contributed by atoms with van der Waals surface area (Å²) in [5.74, 6) is 1.15. The van der Waals surface area contributed by atoms with Crippen LogP contribution in [-0.2, 0) is 25.4 Å². The second kappa shape index (κ2) is 16.0. The SMILES string of the molecule is CCOCC.Cl.Cl.N#C[C@@H]1CS[C@H]2C[C@](N)(c3ccccc3)C(=O)N12.N#C[C@@H]1CS[C@H]2C[C@](N)(c3ccccc3)C(=O)N12. The summed E-state index contributed by atoms with van der Waals surface area (Å²) in [6.07, 6.45) is 1.16. The molecule has 4 saturated heterocycles. The molecule has 0 radical (unpaired) electrons. The van der Waals surface area contributed by atoms with E-state index in [9.17, 15) is 9.59 Å². The smallest absolute Gasteiger partial charge is 0.249 e. The molecule has 0 aliphatic carbocycles. The van der Waals surface area contributed by atoms with E-state index in [2.05, 4.69) is 12.1 Å². The number of benzene rings is 2. The Balaban J connectivity index is 0.000000250. The predicted molar refractivity (Wildman–Crippen MR) is 175 cm³/mol. The largest absolute Gasteiger partial charge is 0.382 e. The van der Waals surface area contributed by atoms with E-state index < -0.39 is 11.1 Å². The minimum absolute atomic E-state index is 0. The molecule has 13 heteroatoms. The van der Waals surface area contributed by atoms with Crippen molar-refractivity contribution in [1.29, 1.82) is 10.5 Å². The third kappa shape index (κ3) is 7.26. The Morgan fingerprint density at radius 2 is 1.12 bits per heavy atom. The van der Waals surface area contributed by atoms with Crippen LogP contribution < -0.4 is 11.5 Å². The molecule has 2 aromatic carbocycles. The van der Waals surface area contributed by atoms with Gasteiger partial charge in [0.25, 0.3) is 0 Å². The summed E-state index contributed by atoms with van der Waals surface area (Å²) in [6, 6.07) is 22.6. The summed E-state index contributed by atoms with van der Waals surface area (Å²) in [6.45, 7) is 5.67. The van der Waals surface area contributed by atoms with Gasteiger partial charge in [0, 0.05) is 37.6 Å². The second-order valence-electron chi connectivity index (χ2n) is 10.2. The standard InChI is InChI=1S/2C13H13N3OS.C4H10O.2ClH/c2*14-7-10-8-18-11-6-13(15,12(17)16(10)11)9-4-2-1-3-5-9;1-3-5-4-2;;/h2*1-5,10-11H,6,8,15H2;3-4H2,1-2H3;2*1H/t2*10-,11+,13+;;;/m11.../s1. The van der Waals surface area contributed by atoms with E-state index in [0.29, 0.717) is 24.3 Å². The van der Waals surface area contributed by atoms with Crippen molar-refractivity contribution in [3.8, 4) is 12.1 Å². The minimum Gasteiger partial charge on any atom is -0.382 e. The topological polar surface area (TPSA) is 149 Å². The van der Waals surface area contributed by atoms with Crippen LogP contribution in [-0.4, -0.2) is 69.2 Å². The van der Waals surface area contributed by atoms with Crippen molar-refractivity contribution >= 4 is 60.2 Å². The third-order valence-electron chi connectivity index (χ3n) is 7.69. The molecule has 43 heavy (non-hydrogen) atoms. The first kappa shape index (κ1) is 36.7. The molecule has 4 heterocycles. The van der Waals surface area contributed by atoms with Crippen molar-refractivity contribution < 1.29 is 14.3 Å². The van der Waals surface area contributed by atoms with Gasteiger partial charge in [-0.2, -0.15) is 10.5 Å². The van der Waals surface area contributed by atoms with Gasteiger partial charge >= 0.3 is 0 Å². The molecule has 0 bridgehead atoms. The van der Waals surface area contributed by atoms with E-state index in [4.69, 9.17) is 26.7 Å². The number of nitriles is 2.